The number of carboxylic acids is 1. The van der Waals surface area contributed by atoms with E-state index in [1.165, 1.54) is 5.56 Å². The van der Waals surface area contributed by atoms with Crippen LogP contribution in [0.3, 0.4) is 0 Å². The zero-order valence-electron chi connectivity index (χ0n) is 14.6. The maximum atomic E-state index is 11.8. The summed E-state index contributed by atoms with van der Waals surface area (Å²) >= 11 is 6.17. The predicted molar refractivity (Wildman–Crippen MR) is 105 cm³/mol. The summed E-state index contributed by atoms with van der Waals surface area (Å²) in [5, 5.41) is 11.9. The zero-order valence-corrected chi connectivity index (χ0v) is 15.3. The van der Waals surface area contributed by atoms with E-state index in [1.807, 2.05) is 36.4 Å². The van der Waals surface area contributed by atoms with Crippen LogP contribution in [0.2, 0.25) is 5.15 Å². The molecule has 0 fully saturated rings. The van der Waals surface area contributed by atoms with Crippen molar-refractivity contribution in [1.82, 2.24) is 14.5 Å². The Hall–Kier alpha value is -3.18. The predicted octanol–water partition coefficient (Wildman–Crippen LogP) is 4.81. The molecule has 0 saturated heterocycles. The first-order valence-electron chi connectivity index (χ1n) is 8.43. The van der Waals surface area contributed by atoms with Crippen LogP contribution in [0.4, 0.5) is 0 Å². The van der Waals surface area contributed by atoms with E-state index in [0.717, 1.165) is 16.3 Å². The summed E-state index contributed by atoms with van der Waals surface area (Å²) in [7, 11) is 0. The van der Waals surface area contributed by atoms with Crippen molar-refractivity contribution in [2.24, 2.45) is 0 Å². The number of hydrogen-bond acceptors (Lipinski definition) is 3. The maximum Gasteiger partial charge on any atom is 0.355 e. The lowest BCUT2D eigenvalue weighted by molar-refractivity contribution is 0.0686. The molecule has 1 N–H and O–H groups in total. The van der Waals surface area contributed by atoms with E-state index >= 15 is 0 Å². The van der Waals surface area contributed by atoms with Gasteiger partial charge in [-0.15, -0.1) is 0 Å². The van der Waals surface area contributed by atoms with Crippen molar-refractivity contribution >= 4 is 28.3 Å². The Labute approximate surface area is 160 Å². The largest absolute Gasteiger partial charge is 0.476 e. The lowest BCUT2D eigenvalue weighted by atomic mass is 10.00. The highest BCUT2D eigenvalue weighted by Gasteiger charge is 2.23. The second-order valence-electron chi connectivity index (χ2n) is 6.29. The number of fused-ring (bicyclic) bond motifs is 1. The van der Waals surface area contributed by atoms with Gasteiger partial charge >= 0.3 is 5.97 Å². The molecule has 0 atom stereocenters. The van der Waals surface area contributed by atoms with Gasteiger partial charge in [0, 0.05) is 18.0 Å². The van der Waals surface area contributed by atoms with Crippen molar-refractivity contribution in [3.05, 3.63) is 82.9 Å². The lowest BCUT2D eigenvalue weighted by Gasteiger charge is -2.13. The number of benzene rings is 2. The van der Waals surface area contributed by atoms with Crippen LogP contribution in [-0.4, -0.2) is 25.6 Å². The van der Waals surface area contributed by atoms with E-state index in [2.05, 4.69) is 23.0 Å². The number of carboxylic acid groups (broad SMARTS) is 1. The van der Waals surface area contributed by atoms with Gasteiger partial charge in [0.25, 0.3) is 0 Å². The van der Waals surface area contributed by atoms with Crippen LogP contribution in [0, 0.1) is 6.92 Å². The topological polar surface area (TPSA) is 68.0 Å². The van der Waals surface area contributed by atoms with E-state index in [0.29, 0.717) is 17.9 Å². The van der Waals surface area contributed by atoms with Gasteiger partial charge < -0.3 is 9.67 Å². The first kappa shape index (κ1) is 17.2. The van der Waals surface area contributed by atoms with Crippen LogP contribution in [0.25, 0.3) is 22.2 Å². The Kier molecular flexibility index (Phi) is 4.38. The van der Waals surface area contributed by atoms with E-state index < -0.39 is 5.97 Å². The third-order valence-electron chi connectivity index (χ3n) is 4.61. The minimum atomic E-state index is -1.11. The van der Waals surface area contributed by atoms with Crippen molar-refractivity contribution < 1.29 is 9.90 Å². The average Bonchev–Trinajstić information content (AvgIpc) is 3.01. The number of carbonyl (C=O) groups is 1. The van der Waals surface area contributed by atoms with E-state index in [1.54, 1.807) is 23.0 Å². The first-order chi connectivity index (χ1) is 13.1. The summed E-state index contributed by atoms with van der Waals surface area (Å²) in [6, 6.07) is 15.8. The highest BCUT2D eigenvalue weighted by molar-refractivity contribution is 6.32. The van der Waals surface area contributed by atoms with Gasteiger partial charge in [0.2, 0.25) is 0 Å². The van der Waals surface area contributed by atoms with Gasteiger partial charge in [-0.3, -0.25) is 4.98 Å². The number of hydrogen-bond donors (Lipinski definition) is 1. The van der Waals surface area contributed by atoms with E-state index in [-0.39, 0.29) is 10.8 Å². The quantitative estimate of drug-likeness (QED) is 0.554. The summed E-state index contributed by atoms with van der Waals surface area (Å²) in [5.41, 5.74) is 2.85. The van der Waals surface area contributed by atoms with Gasteiger partial charge in [-0.2, -0.15) is 0 Å². The maximum absolute atomic E-state index is 11.8. The highest BCUT2D eigenvalue weighted by atomic mass is 35.5. The Balaban J connectivity index is 1.92. The summed E-state index contributed by atoms with van der Waals surface area (Å²) in [4.78, 5) is 20.2. The molecule has 0 bridgehead atoms. The van der Waals surface area contributed by atoms with Gasteiger partial charge in [-0.05, 0) is 41.0 Å². The molecule has 0 amide bonds. The van der Waals surface area contributed by atoms with Gasteiger partial charge in [0.05, 0.1) is 6.54 Å². The molecule has 6 heteroatoms. The molecule has 5 nitrogen and oxygen atoms in total. The summed E-state index contributed by atoms with van der Waals surface area (Å²) < 4.78 is 1.64. The fourth-order valence-electron chi connectivity index (χ4n) is 3.32. The Morgan fingerprint density at radius 3 is 2.59 bits per heavy atom. The Morgan fingerprint density at radius 1 is 1.11 bits per heavy atom. The van der Waals surface area contributed by atoms with Crippen molar-refractivity contribution in [1.29, 1.82) is 0 Å². The molecule has 0 aliphatic heterocycles. The van der Waals surface area contributed by atoms with Gasteiger partial charge in [-0.25, -0.2) is 9.78 Å². The monoisotopic (exact) mass is 377 g/mol. The van der Waals surface area contributed by atoms with Gasteiger partial charge in [0.1, 0.15) is 5.82 Å². The normalized spacial score (nSPS) is 11.0. The van der Waals surface area contributed by atoms with Crippen molar-refractivity contribution in [3.63, 3.8) is 0 Å². The number of aromatic carboxylic acids is 1. The third kappa shape index (κ3) is 3.06. The number of aryl methyl sites for hydroxylation is 1. The Morgan fingerprint density at radius 2 is 1.89 bits per heavy atom. The van der Waals surface area contributed by atoms with E-state index in [9.17, 15) is 9.90 Å². The minimum absolute atomic E-state index is 0.0276. The van der Waals surface area contributed by atoms with Gasteiger partial charge in [-0.1, -0.05) is 48.0 Å². The highest BCUT2D eigenvalue weighted by Crippen LogP contribution is 2.29. The number of rotatable bonds is 4. The van der Waals surface area contributed by atoms with Crippen LogP contribution in [-0.2, 0) is 6.54 Å². The zero-order chi connectivity index (χ0) is 19.0. The van der Waals surface area contributed by atoms with E-state index in [4.69, 9.17) is 11.6 Å². The molecule has 0 saturated carbocycles. The van der Waals surface area contributed by atoms with Crippen molar-refractivity contribution in [3.8, 4) is 11.4 Å². The SMILES string of the molecule is Cc1ccc(Cn2c(-c3cccnc3)nc(Cl)c2C(=O)O)c2ccccc12. The van der Waals surface area contributed by atoms with Crippen molar-refractivity contribution in [2.75, 3.05) is 0 Å². The number of nitrogens with zero attached hydrogens (tertiary/aromatic N) is 3. The molecule has 2 aromatic heterocycles. The van der Waals surface area contributed by atoms with Crippen LogP contribution in [0.1, 0.15) is 21.6 Å². The second-order valence-corrected chi connectivity index (χ2v) is 6.65. The second kappa shape index (κ2) is 6.85. The molecule has 4 aromatic rings. The molecular weight excluding hydrogens is 362 g/mol. The molecule has 0 aliphatic carbocycles. The smallest absolute Gasteiger partial charge is 0.355 e. The molecule has 2 heterocycles. The number of pyridine rings is 1. The molecule has 27 heavy (non-hydrogen) atoms. The first-order valence-corrected chi connectivity index (χ1v) is 8.81. The van der Waals surface area contributed by atoms with Crippen LogP contribution >= 0.6 is 11.6 Å². The van der Waals surface area contributed by atoms with Crippen LogP contribution in [0.5, 0.6) is 0 Å². The molecule has 0 unspecified atom stereocenters. The van der Waals surface area contributed by atoms with Gasteiger partial charge in [0.15, 0.2) is 10.8 Å². The fourth-order valence-corrected chi connectivity index (χ4v) is 3.58. The fraction of sp³-hybridized carbons (Fsp3) is 0.0952. The number of aromatic nitrogens is 3. The minimum Gasteiger partial charge on any atom is -0.476 e. The standard InChI is InChI=1S/C21H16ClN3O2/c1-13-8-9-15(17-7-3-2-6-16(13)17)12-25-18(21(26)27)19(22)24-20(25)14-5-4-10-23-11-14/h2-11H,12H2,1H3,(H,26,27). The molecule has 0 aliphatic rings. The molecule has 4 rings (SSSR count). The van der Waals surface area contributed by atoms with Crippen LogP contribution < -0.4 is 0 Å². The summed E-state index contributed by atoms with van der Waals surface area (Å²) in [5.74, 6) is -0.630. The summed E-state index contributed by atoms with van der Waals surface area (Å²) in [6.07, 6.45) is 3.30. The van der Waals surface area contributed by atoms with Crippen LogP contribution in [0.15, 0.2) is 60.9 Å². The van der Waals surface area contributed by atoms with Crippen molar-refractivity contribution in [2.45, 2.75) is 13.5 Å². The molecule has 134 valence electrons. The molecule has 2 aromatic carbocycles. The number of halogens is 1. The number of imidazole rings is 1. The summed E-state index contributed by atoms with van der Waals surface area (Å²) in [6.45, 7) is 2.40. The third-order valence-corrected chi connectivity index (χ3v) is 4.87. The molecular formula is C21H16ClN3O2. The average molecular weight is 378 g/mol. The lowest BCUT2D eigenvalue weighted by Crippen LogP contribution is -2.11. The Bertz CT molecular complexity index is 1150. The molecule has 0 spiro atoms. The molecule has 0 radical (unpaired) electrons.